The molecule has 0 bridgehead atoms. The first-order valence-electron chi connectivity index (χ1n) is 6.52. The largest absolute Gasteiger partial charge is 0.481 e. The van der Waals surface area contributed by atoms with E-state index in [-0.39, 0.29) is 12.5 Å². The van der Waals surface area contributed by atoms with E-state index < -0.39 is 5.97 Å². The normalized spacial score (nSPS) is 10.5. The molecule has 0 saturated carbocycles. The molecule has 0 aliphatic carbocycles. The lowest BCUT2D eigenvalue weighted by Crippen LogP contribution is -2.09. The lowest BCUT2D eigenvalue weighted by Gasteiger charge is -2.10. The van der Waals surface area contributed by atoms with Crippen LogP contribution in [0.4, 0.5) is 5.82 Å². The van der Waals surface area contributed by atoms with Crippen LogP contribution in [0.5, 0.6) is 5.88 Å². The molecule has 0 aliphatic rings. The van der Waals surface area contributed by atoms with Crippen LogP contribution in [0.15, 0.2) is 12.4 Å². The minimum atomic E-state index is -0.737. The molecule has 1 rings (SSSR count). The van der Waals surface area contributed by atoms with E-state index >= 15 is 0 Å². The Balaban J connectivity index is 2.23. The summed E-state index contributed by atoms with van der Waals surface area (Å²) in [5.41, 5.74) is 0. The Labute approximate surface area is 113 Å². The summed E-state index contributed by atoms with van der Waals surface area (Å²) in [6, 6.07) is 1.76. The van der Waals surface area contributed by atoms with Crippen molar-refractivity contribution >= 4 is 11.8 Å². The third-order valence-corrected chi connectivity index (χ3v) is 2.37. The maximum absolute atomic E-state index is 10.3. The molecule has 1 aromatic heterocycles. The van der Waals surface area contributed by atoms with Crippen LogP contribution in [-0.4, -0.2) is 33.7 Å². The molecule has 106 valence electrons. The minimum absolute atomic E-state index is 0.0822. The van der Waals surface area contributed by atoms with Gasteiger partial charge in [-0.05, 0) is 26.7 Å². The summed E-state index contributed by atoms with van der Waals surface area (Å²) >= 11 is 0. The summed E-state index contributed by atoms with van der Waals surface area (Å²) < 4.78 is 5.47. The zero-order chi connectivity index (χ0) is 14.1. The van der Waals surface area contributed by atoms with Gasteiger partial charge in [-0.1, -0.05) is 6.42 Å². The fourth-order valence-corrected chi connectivity index (χ4v) is 1.54. The number of hydrogen-bond donors (Lipinski definition) is 2. The summed E-state index contributed by atoms with van der Waals surface area (Å²) in [7, 11) is 0. The van der Waals surface area contributed by atoms with Crippen molar-refractivity contribution in [3.8, 4) is 5.88 Å². The highest BCUT2D eigenvalue weighted by Crippen LogP contribution is 2.12. The van der Waals surface area contributed by atoms with Crippen LogP contribution in [0.1, 0.15) is 39.5 Å². The maximum atomic E-state index is 10.3. The average molecular weight is 267 g/mol. The zero-order valence-electron chi connectivity index (χ0n) is 11.4. The van der Waals surface area contributed by atoms with Gasteiger partial charge in [0.1, 0.15) is 12.1 Å². The number of carboxylic acids is 1. The van der Waals surface area contributed by atoms with E-state index in [1.165, 1.54) is 6.33 Å². The molecule has 19 heavy (non-hydrogen) atoms. The summed E-state index contributed by atoms with van der Waals surface area (Å²) in [6.07, 6.45) is 4.29. The Bertz CT molecular complexity index is 396. The lowest BCUT2D eigenvalue weighted by atomic mass is 10.2. The van der Waals surface area contributed by atoms with Gasteiger partial charge in [-0.25, -0.2) is 9.97 Å². The van der Waals surface area contributed by atoms with Crippen molar-refractivity contribution in [2.24, 2.45) is 0 Å². The highest BCUT2D eigenvalue weighted by molar-refractivity contribution is 5.66. The van der Waals surface area contributed by atoms with Crippen molar-refractivity contribution in [2.75, 3.05) is 11.9 Å². The van der Waals surface area contributed by atoms with Crippen LogP contribution >= 0.6 is 0 Å². The van der Waals surface area contributed by atoms with E-state index in [1.807, 2.05) is 13.8 Å². The van der Waals surface area contributed by atoms with Crippen molar-refractivity contribution in [3.05, 3.63) is 12.4 Å². The predicted molar refractivity (Wildman–Crippen MR) is 72.4 cm³/mol. The summed E-state index contributed by atoms with van der Waals surface area (Å²) in [6.45, 7) is 4.65. The molecule has 2 N–H and O–H groups in total. The average Bonchev–Trinajstić information content (AvgIpc) is 2.33. The number of unbranched alkanes of at least 4 members (excludes halogenated alkanes) is 2. The van der Waals surface area contributed by atoms with E-state index in [2.05, 4.69) is 15.3 Å². The van der Waals surface area contributed by atoms with Crippen LogP contribution in [0, 0.1) is 0 Å². The number of ether oxygens (including phenoxy) is 1. The molecule has 0 fully saturated rings. The van der Waals surface area contributed by atoms with Crippen LogP contribution in [0.2, 0.25) is 0 Å². The van der Waals surface area contributed by atoms with E-state index in [4.69, 9.17) is 9.84 Å². The molecule has 0 aromatic carbocycles. The standard InChI is InChI=1S/C13H21N3O3/c1-10(2)19-12-8-11(15-9-16-12)14-7-5-3-4-6-13(17)18/h8-10H,3-7H2,1-2H3,(H,17,18)(H,14,15,16). The molecule has 6 nitrogen and oxygen atoms in total. The number of aliphatic carboxylic acids is 1. The van der Waals surface area contributed by atoms with Crippen molar-refractivity contribution in [1.29, 1.82) is 0 Å². The van der Waals surface area contributed by atoms with Gasteiger partial charge in [0.05, 0.1) is 6.10 Å². The third-order valence-electron chi connectivity index (χ3n) is 2.37. The van der Waals surface area contributed by atoms with Gasteiger partial charge < -0.3 is 15.2 Å². The molecular formula is C13H21N3O3. The van der Waals surface area contributed by atoms with Gasteiger partial charge in [0.15, 0.2) is 0 Å². The molecule has 0 radical (unpaired) electrons. The zero-order valence-corrected chi connectivity index (χ0v) is 11.4. The van der Waals surface area contributed by atoms with Crippen LogP contribution in [0.25, 0.3) is 0 Å². The number of hydrogen-bond acceptors (Lipinski definition) is 5. The number of anilines is 1. The Kier molecular flexibility index (Phi) is 6.63. The van der Waals surface area contributed by atoms with E-state index in [1.54, 1.807) is 6.07 Å². The van der Waals surface area contributed by atoms with Gasteiger partial charge in [-0.3, -0.25) is 4.79 Å². The van der Waals surface area contributed by atoms with Gasteiger partial charge in [-0.15, -0.1) is 0 Å². The summed E-state index contributed by atoms with van der Waals surface area (Å²) in [5.74, 6) is 0.543. The van der Waals surface area contributed by atoms with Crippen molar-refractivity contribution < 1.29 is 14.6 Å². The Morgan fingerprint density at radius 1 is 1.37 bits per heavy atom. The highest BCUT2D eigenvalue weighted by Gasteiger charge is 2.02. The van der Waals surface area contributed by atoms with Crippen LogP contribution in [-0.2, 0) is 4.79 Å². The number of nitrogens with one attached hydrogen (secondary N) is 1. The van der Waals surface area contributed by atoms with Crippen molar-refractivity contribution in [2.45, 2.75) is 45.6 Å². The molecule has 0 unspecified atom stereocenters. The van der Waals surface area contributed by atoms with E-state index in [0.29, 0.717) is 12.3 Å². The monoisotopic (exact) mass is 267 g/mol. The number of nitrogens with zero attached hydrogens (tertiary/aromatic N) is 2. The number of carboxylic acid groups (broad SMARTS) is 1. The van der Waals surface area contributed by atoms with E-state index in [0.717, 1.165) is 25.2 Å². The molecule has 0 saturated heterocycles. The smallest absolute Gasteiger partial charge is 0.303 e. The second-order valence-corrected chi connectivity index (χ2v) is 4.54. The number of carbonyl (C=O) groups is 1. The summed E-state index contributed by atoms with van der Waals surface area (Å²) in [4.78, 5) is 18.4. The Morgan fingerprint density at radius 3 is 2.84 bits per heavy atom. The molecule has 1 heterocycles. The number of aromatic nitrogens is 2. The quantitative estimate of drug-likeness (QED) is 0.668. The first-order valence-corrected chi connectivity index (χ1v) is 6.52. The Morgan fingerprint density at radius 2 is 2.16 bits per heavy atom. The van der Waals surface area contributed by atoms with Crippen LogP contribution in [0.3, 0.4) is 0 Å². The molecular weight excluding hydrogens is 246 g/mol. The molecule has 0 aliphatic heterocycles. The fourth-order valence-electron chi connectivity index (χ4n) is 1.54. The Hall–Kier alpha value is -1.85. The molecule has 6 heteroatoms. The molecule has 0 amide bonds. The van der Waals surface area contributed by atoms with Gasteiger partial charge in [-0.2, -0.15) is 0 Å². The SMILES string of the molecule is CC(C)Oc1cc(NCCCCCC(=O)O)ncn1. The van der Waals surface area contributed by atoms with E-state index in [9.17, 15) is 4.79 Å². The lowest BCUT2D eigenvalue weighted by molar-refractivity contribution is -0.137. The minimum Gasteiger partial charge on any atom is -0.481 e. The van der Waals surface area contributed by atoms with Crippen LogP contribution < -0.4 is 10.1 Å². The highest BCUT2D eigenvalue weighted by atomic mass is 16.5. The summed E-state index contributed by atoms with van der Waals surface area (Å²) in [5, 5.41) is 11.7. The van der Waals surface area contributed by atoms with Gasteiger partial charge in [0, 0.05) is 19.0 Å². The topological polar surface area (TPSA) is 84.3 Å². The van der Waals surface area contributed by atoms with Gasteiger partial charge in [0.2, 0.25) is 5.88 Å². The predicted octanol–water partition coefficient (Wildman–Crippen LogP) is 2.32. The molecule has 1 aromatic rings. The second kappa shape index (κ2) is 8.29. The van der Waals surface area contributed by atoms with Gasteiger partial charge >= 0.3 is 5.97 Å². The first-order chi connectivity index (χ1) is 9.08. The maximum Gasteiger partial charge on any atom is 0.303 e. The van der Waals surface area contributed by atoms with Gasteiger partial charge in [0.25, 0.3) is 0 Å². The second-order valence-electron chi connectivity index (χ2n) is 4.54. The fraction of sp³-hybridized carbons (Fsp3) is 0.615. The third kappa shape index (κ3) is 7.23. The molecule has 0 spiro atoms. The number of rotatable bonds is 9. The first kappa shape index (κ1) is 15.2. The van der Waals surface area contributed by atoms with Crippen molar-refractivity contribution in [1.82, 2.24) is 9.97 Å². The molecule has 0 atom stereocenters. The van der Waals surface area contributed by atoms with Crippen molar-refractivity contribution in [3.63, 3.8) is 0 Å².